The van der Waals surface area contributed by atoms with E-state index in [1.807, 2.05) is 0 Å². The first kappa shape index (κ1) is 23.3. The topological polar surface area (TPSA) is 69.7 Å². The van der Waals surface area contributed by atoms with Gasteiger partial charge in [0.1, 0.15) is 0 Å². The molecule has 0 aliphatic carbocycles. The van der Waals surface area contributed by atoms with Crippen LogP contribution in [0.25, 0.3) is 0 Å². The second-order valence-electron chi connectivity index (χ2n) is 7.35. The van der Waals surface area contributed by atoms with Gasteiger partial charge in [0.05, 0.1) is 10.1 Å². The maximum atomic E-state index is 12.9. The Morgan fingerprint density at radius 2 is 1.89 bits per heavy atom. The maximum absolute atomic E-state index is 12.9. The summed E-state index contributed by atoms with van der Waals surface area (Å²) in [5.41, 5.74) is 0. The van der Waals surface area contributed by atoms with Crippen LogP contribution in [0.4, 0.5) is 4.79 Å². The van der Waals surface area contributed by atoms with E-state index in [0.717, 1.165) is 19.6 Å². The molecule has 158 valence electrons. The lowest BCUT2D eigenvalue weighted by Crippen LogP contribution is -2.50. The van der Waals surface area contributed by atoms with Crippen molar-refractivity contribution in [3.05, 3.63) is 29.3 Å². The lowest BCUT2D eigenvalue weighted by Gasteiger charge is -2.33. The number of halogens is 2. The molecule has 2 saturated heterocycles. The van der Waals surface area contributed by atoms with Crippen molar-refractivity contribution < 1.29 is 13.2 Å². The van der Waals surface area contributed by atoms with Gasteiger partial charge >= 0.3 is 6.03 Å². The summed E-state index contributed by atoms with van der Waals surface area (Å²) in [6.07, 6.45) is 4.99. The van der Waals surface area contributed by atoms with Crippen molar-refractivity contribution in [2.75, 3.05) is 39.3 Å². The molecule has 1 unspecified atom stereocenters. The van der Waals surface area contributed by atoms with Crippen LogP contribution in [0.3, 0.4) is 0 Å². The summed E-state index contributed by atoms with van der Waals surface area (Å²) in [6, 6.07) is 6.18. The first-order valence-corrected chi connectivity index (χ1v) is 11.6. The lowest BCUT2D eigenvalue weighted by atomic mass is 10.1. The summed E-state index contributed by atoms with van der Waals surface area (Å²) in [5.74, 6) is 0. The molecule has 2 heterocycles. The molecule has 0 spiro atoms. The summed E-state index contributed by atoms with van der Waals surface area (Å²) >= 11 is 5.95. The number of urea groups is 1. The second-order valence-corrected chi connectivity index (χ2v) is 10.0. The monoisotopic (exact) mass is 449 g/mol. The maximum Gasteiger partial charge on any atom is 0.317 e. The molecule has 0 bridgehead atoms. The SMILES string of the molecule is Cl.O=C(NCCN1CCCCC1)N1CCCC(S(=O)(=O)c2cccc(Cl)c2)C1. The van der Waals surface area contributed by atoms with Crippen molar-refractivity contribution >= 4 is 39.9 Å². The predicted molar refractivity (Wildman–Crippen MR) is 114 cm³/mol. The molecule has 1 atom stereocenters. The Morgan fingerprint density at radius 3 is 2.61 bits per heavy atom. The zero-order valence-electron chi connectivity index (χ0n) is 16.0. The number of sulfone groups is 1. The molecule has 0 radical (unpaired) electrons. The number of rotatable bonds is 5. The number of amides is 2. The van der Waals surface area contributed by atoms with E-state index in [1.54, 1.807) is 23.1 Å². The number of likely N-dealkylation sites (tertiary alicyclic amines) is 2. The van der Waals surface area contributed by atoms with Crippen molar-refractivity contribution in [1.82, 2.24) is 15.1 Å². The fourth-order valence-electron chi connectivity index (χ4n) is 3.83. The first-order chi connectivity index (χ1) is 13.0. The van der Waals surface area contributed by atoms with E-state index < -0.39 is 15.1 Å². The molecule has 1 aromatic carbocycles. The Hall–Kier alpha value is -1.02. The van der Waals surface area contributed by atoms with Gasteiger partial charge in [-0.1, -0.05) is 24.1 Å². The molecule has 6 nitrogen and oxygen atoms in total. The molecule has 3 rings (SSSR count). The number of benzene rings is 1. The van der Waals surface area contributed by atoms with Crippen molar-refractivity contribution in [2.24, 2.45) is 0 Å². The molecule has 9 heteroatoms. The highest BCUT2D eigenvalue weighted by molar-refractivity contribution is 7.92. The van der Waals surface area contributed by atoms with Crippen LogP contribution in [0.15, 0.2) is 29.2 Å². The molecule has 2 fully saturated rings. The van der Waals surface area contributed by atoms with Gasteiger partial charge in [0.25, 0.3) is 0 Å². The number of nitrogens with zero attached hydrogens (tertiary/aromatic N) is 2. The van der Waals surface area contributed by atoms with E-state index in [1.165, 1.54) is 25.3 Å². The standard InChI is InChI=1S/C19H28ClN3O3S.ClH/c20-16-6-4-7-17(14-16)27(25,26)18-8-5-12-23(15-18)19(24)21-9-13-22-10-2-1-3-11-22;/h4,6-7,14,18H,1-3,5,8-13,15H2,(H,21,24);1H. The van der Waals surface area contributed by atoms with Crippen LogP contribution in [0.1, 0.15) is 32.1 Å². The highest BCUT2D eigenvalue weighted by atomic mass is 35.5. The number of carbonyl (C=O) groups excluding carboxylic acids is 1. The van der Waals surface area contributed by atoms with Gasteiger partial charge in [0.15, 0.2) is 9.84 Å². The Labute approximate surface area is 178 Å². The van der Waals surface area contributed by atoms with Gasteiger partial charge in [-0.05, 0) is 57.0 Å². The number of hydrogen-bond acceptors (Lipinski definition) is 4. The smallest absolute Gasteiger partial charge is 0.317 e. The molecule has 1 aromatic rings. The fourth-order valence-corrected chi connectivity index (χ4v) is 5.88. The third-order valence-electron chi connectivity index (χ3n) is 5.38. The number of carbonyl (C=O) groups is 1. The molecule has 0 saturated carbocycles. The average Bonchev–Trinajstić information content (AvgIpc) is 2.69. The van der Waals surface area contributed by atoms with Crippen molar-refractivity contribution in [2.45, 2.75) is 42.2 Å². The van der Waals surface area contributed by atoms with Gasteiger partial charge in [-0.15, -0.1) is 12.4 Å². The molecular weight excluding hydrogens is 421 g/mol. The molecule has 2 amide bonds. The normalized spacial score (nSPS) is 21.0. The highest BCUT2D eigenvalue weighted by Gasteiger charge is 2.33. The molecular formula is C19H29Cl2N3O3S. The minimum atomic E-state index is -3.50. The summed E-state index contributed by atoms with van der Waals surface area (Å²) in [6.45, 7) is 4.46. The summed E-state index contributed by atoms with van der Waals surface area (Å²) in [5, 5.41) is 2.77. The van der Waals surface area contributed by atoms with Crippen LogP contribution in [0.5, 0.6) is 0 Å². The van der Waals surface area contributed by atoms with Gasteiger partial charge in [-0.25, -0.2) is 13.2 Å². The first-order valence-electron chi connectivity index (χ1n) is 9.71. The van der Waals surface area contributed by atoms with Crippen LogP contribution in [0.2, 0.25) is 5.02 Å². The Morgan fingerprint density at radius 1 is 1.14 bits per heavy atom. The summed E-state index contributed by atoms with van der Waals surface area (Å²) in [4.78, 5) is 16.7. The lowest BCUT2D eigenvalue weighted by molar-refractivity contribution is 0.182. The van der Waals surface area contributed by atoms with Gasteiger partial charge in [-0.3, -0.25) is 0 Å². The Bertz CT molecular complexity index is 755. The van der Waals surface area contributed by atoms with Crippen molar-refractivity contribution in [3.8, 4) is 0 Å². The van der Waals surface area contributed by atoms with E-state index in [9.17, 15) is 13.2 Å². The highest BCUT2D eigenvalue weighted by Crippen LogP contribution is 2.25. The van der Waals surface area contributed by atoms with E-state index in [2.05, 4.69) is 10.2 Å². The van der Waals surface area contributed by atoms with Gasteiger partial charge in [0.2, 0.25) is 0 Å². The number of hydrogen-bond donors (Lipinski definition) is 1. The number of nitrogens with one attached hydrogen (secondary N) is 1. The average molecular weight is 450 g/mol. The van der Waals surface area contributed by atoms with Gasteiger partial charge in [0, 0.05) is 31.2 Å². The van der Waals surface area contributed by atoms with Gasteiger partial charge in [-0.2, -0.15) is 0 Å². The fraction of sp³-hybridized carbons (Fsp3) is 0.632. The predicted octanol–water partition coefficient (Wildman–Crippen LogP) is 3.20. The van der Waals surface area contributed by atoms with Crippen molar-refractivity contribution in [3.63, 3.8) is 0 Å². The molecule has 2 aliphatic rings. The van der Waals surface area contributed by atoms with Crippen LogP contribution in [-0.4, -0.2) is 68.8 Å². The molecule has 0 aromatic heterocycles. The summed E-state index contributed by atoms with van der Waals surface area (Å²) < 4.78 is 25.8. The summed E-state index contributed by atoms with van der Waals surface area (Å²) in [7, 11) is -3.50. The Balaban J connectivity index is 0.00000280. The van der Waals surface area contributed by atoms with Crippen LogP contribution in [0, 0.1) is 0 Å². The Kier molecular flexibility index (Phi) is 8.86. The molecule has 1 N–H and O–H groups in total. The largest absolute Gasteiger partial charge is 0.337 e. The zero-order valence-corrected chi connectivity index (χ0v) is 18.4. The van der Waals surface area contributed by atoms with Gasteiger partial charge < -0.3 is 15.1 Å². The minimum Gasteiger partial charge on any atom is -0.337 e. The molecule has 28 heavy (non-hydrogen) atoms. The number of piperidine rings is 2. The van der Waals surface area contributed by atoms with Crippen LogP contribution in [-0.2, 0) is 9.84 Å². The van der Waals surface area contributed by atoms with E-state index in [4.69, 9.17) is 11.6 Å². The quantitative estimate of drug-likeness (QED) is 0.748. The van der Waals surface area contributed by atoms with E-state index in [-0.39, 0.29) is 29.9 Å². The van der Waals surface area contributed by atoms with Crippen LogP contribution < -0.4 is 5.32 Å². The van der Waals surface area contributed by atoms with E-state index in [0.29, 0.717) is 31.0 Å². The third-order valence-corrected chi connectivity index (χ3v) is 7.79. The zero-order chi connectivity index (χ0) is 19.3. The third kappa shape index (κ3) is 5.99. The molecule has 2 aliphatic heterocycles. The van der Waals surface area contributed by atoms with Crippen LogP contribution >= 0.6 is 24.0 Å². The van der Waals surface area contributed by atoms with E-state index >= 15 is 0 Å². The van der Waals surface area contributed by atoms with Crippen molar-refractivity contribution in [1.29, 1.82) is 0 Å². The second kappa shape index (κ2) is 10.7. The minimum absolute atomic E-state index is 0.